The van der Waals surface area contributed by atoms with Crippen LogP contribution in [0, 0.1) is 13.8 Å². The number of rotatable bonds is 9. The van der Waals surface area contributed by atoms with Gasteiger partial charge in [0.05, 0.1) is 5.75 Å². The summed E-state index contributed by atoms with van der Waals surface area (Å²) in [5.74, 6) is 2.20. The minimum absolute atomic E-state index is 0.0707. The molecule has 0 spiro atoms. The van der Waals surface area contributed by atoms with Crippen LogP contribution >= 0.6 is 11.8 Å². The molecule has 0 aliphatic heterocycles. The van der Waals surface area contributed by atoms with Crippen LogP contribution in [0.15, 0.2) is 47.6 Å². The molecule has 7 heteroatoms. The van der Waals surface area contributed by atoms with Crippen molar-refractivity contribution in [3.63, 3.8) is 0 Å². The van der Waals surface area contributed by atoms with Gasteiger partial charge in [0, 0.05) is 12.2 Å². The molecule has 1 amide bonds. The van der Waals surface area contributed by atoms with Gasteiger partial charge in [0.2, 0.25) is 5.91 Å². The summed E-state index contributed by atoms with van der Waals surface area (Å²) in [5, 5.41) is 12.2. The fourth-order valence-corrected chi connectivity index (χ4v) is 4.02. The van der Waals surface area contributed by atoms with Crippen molar-refractivity contribution in [2.24, 2.45) is 0 Å². The van der Waals surface area contributed by atoms with Crippen LogP contribution in [0.1, 0.15) is 49.2 Å². The van der Waals surface area contributed by atoms with E-state index in [-0.39, 0.29) is 11.7 Å². The first-order valence-corrected chi connectivity index (χ1v) is 11.5. The molecule has 0 bridgehead atoms. The highest BCUT2D eigenvalue weighted by atomic mass is 32.2. The molecular formula is C24H30N4O2S. The molecule has 0 aliphatic rings. The van der Waals surface area contributed by atoms with E-state index in [2.05, 4.69) is 54.5 Å². The predicted octanol–water partition coefficient (Wildman–Crippen LogP) is 5.35. The number of aromatic nitrogens is 3. The lowest BCUT2D eigenvalue weighted by molar-refractivity contribution is -0.113. The number of thioether (sulfide) groups is 1. The molecule has 3 aromatic rings. The van der Waals surface area contributed by atoms with Crippen molar-refractivity contribution in [1.29, 1.82) is 0 Å². The third-order valence-corrected chi connectivity index (χ3v) is 5.89. The maximum atomic E-state index is 12.3. The molecular weight excluding hydrogens is 408 g/mol. The minimum Gasteiger partial charge on any atom is -0.485 e. The Kier molecular flexibility index (Phi) is 7.74. The number of benzene rings is 2. The molecule has 0 atom stereocenters. The Balaban J connectivity index is 1.62. The van der Waals surface area contributed by atoms with Crippen molar-refractivity contribution in [2.45, 2.75) is 58.8 Å². The van der Waals surface area contributed by atoms with Gasteiger partial charge < -0.3 is 14.6 Å². The van der Waals surface area contributed by atoms with E-state index in [0.29, 0.717) is 24.2 Å². The zero-order chi connectivity index (χ0) is 22.4. The van der Waals surface area contributed by atoms with Gasteiger partial charge >= 0.3 is 0 Å². The summed E-state index contributed by atoms with van der Waals surface area (Å²) >= 11 is 1.38. The molecule has 1 N–H and O–H groups in total. The zero-order valence-corrected chi connectivity index (χ0v) is 19.6. The maximum absolute atomic E-state index is 12.3. The molecule has 3 rings (SSSR count). The van der Waals surface area contributed by atoms with E-state index in [1.54, 1.807) is 0 Å². The third-order valence-electron chi connectivity index (χ3n) is 4.93. The SMILES string of the molecule is CCn1c(COc2cc(C)ccc2C(C)C)nnc1SCC(=O)Nc1ccc(C)cc1. The smallest absolute Gasteiger partial charge is 0.234 e. The molecule has 0 radical (unpaired) electrons. The summed E-state index contributed by atoms with van der Waals surface area (Å²) in [6, 6.07) is 14.0. The number of anilines is 1. The first-order chi connectivity index (χ1) is 14.9. The van der Waals surface area contributed by atoms with Crippen LogP contribution in [0.4, 0.5) is 5.69 Å². The second-order valence-electron chi connectivity index (χ2n) is 7.83. The van der Waals surface area contributed by atoms with Crippen LogP contribution in [0.2, 0.25) is 0 Å². The zero-order valence-electron chi connectivity index (χ0n) is 18.8. The molecule has 0 saturated heterocycles. The number of nitrogens with zero attached hydrogens (tertiary/aromatic N) is 3. The predicted molar refractivity (Wildman–Crippen MR) is 126 cm³/mol. The number of carbonyl (C=O) groups is 1. The van der Waals surface area contributed by atoms with E-state index in [1.165, 1.54) is 17.3 Å². The van der Waals surface area contributed by atoms with Crippen molar-refractivity contribution in [1.82, 2.24) is 14.8 Å². The number of ether oxygens (including phenoxy) is 1. The van der Waals surface area contributed by atoms with Gasteiger partial charge in [-0.05, 0) is 56.0 Å². The van der Waals surface area contributed by atoms with E-state index in [9.17, 15) is 4.79 Å². The molecule has 2 aromatic carbocycles. The molecule has 0 fully saturated rings. The summed E-state index contributed by atoms with van der Waals surface area (Å²) < 4.78 is 8.12. The third kappa shape index (κ3) is 6.10. The quantitative estimate of drug-likeness (QED) is 0.456. The summed E-state index contributed by atoms with van der Waals surface area (Å²) in [6.07, 6.45) is 0. The van der Waals surface area contributed by atoms with E-state index in [4.69, 9.17) is 4.74 Å². The van der Waals surface area contributed by atoms with E-state index in [1.807, 2.05) is 42.7 Å². The molecule has 0 aliphatic carbocycles. The van der Waals surface area contributed by atoms with Crippen molar-refractivity contribution in [3.8, 4) is 5.75 Å². The number of aryl methyl sites for hydroxylation is 2. The number of hydrogen-bond acceptors (Lipinski definition) is 5. The minimum atomic E-state index is -0.0707. The van der Waals surface area contributed by atoms with Crippen LogP contribution in [0.3, 0.4) is 0 Å². The van der Waals surface area contributed by atoms with Gasteiger partial charge in [0.15, 0.2) is 11.0 Å². The summed E-state index contributed by atoms with van der Waals surface area (Å²) in [4.78, 5) is 12.3. The lowest BCUT2D eigenvalue weighted by Crippen LogP contribution is -2.15. The Morgan fingerprint density at radius 1 is 1.10 bits per heavy atom. The van der Waals surface area contributed by atoms with Gasteiger partial charge in [0.1, 0.15) is 12.4 Å². The molecule has 164 valence electrons. The Labute approximate surface area is 188 Å². The average molecular weight is 439 g/mol. The van der Waals surface area contributed by atoms with Crippen LogP contribution in [-0.4, -0.2) is 26.4 Å². The Hall–Kier alpha value is -2.80. The molecule has 6 nitrogen and oxygen atoms in total. The molecule has 1 heterocycles. The number of hydrogen-bond donors (Lipinski definition) is 1. The van der Waals surface area contributed by atoms with E-state index in [0.717, 1.165) is 28.4 Å². The summed E-state index contributed by atoms with van der Waals surface area (Å²) in [5.41, 5.74) is 4.29. The van der Waals surface area contributed by atoms with Crippen molar-refractivity contribution in [3.05, 3.63) is 65.0 Å². The van der Waals surface area contributed by atoms with Crippen molar-refractivity contribution in [2.75, 3.05) is 11.1 Å². The van der Waals surface area contributed by atoms with Gasteiger partial charge in [-0.1, -0.05) is 55.4 Å². The van der Waals surface area contributed by atoms with E-state index >= 15 is 0 Å². The second-order valence-corrected chi connectivity index (χ2v) is 8.77. The van der Waals surface area contributed by atoms with Crippen LogP contribution in [0.25, 0.3) is 0 Å². The normalized spacial score (nSPS) is 11.0. The van der Waals surface area contributed by atoms with Gasteiger partial charge in [-0.3, -0.25) is 4.79 Å². The van der Waals surface area contributed by atoms with Gasteiger partial charge in [-0.2, -0.15) is 0 Å². The number of carbonyl (C=O) groups excluding carboxylic acids is 1. The highest BCUT2D eigenvalue weighted by molar-refractivity contribution is 7.99. The Morgan fingerprint density at radius 2 is 1.81 bits per heavy atom. The fraction of sp³-hybridized carbons (Fsp3) is 0.375. The highest BCUT2D eigenvalue weighted by Gasteiger charge is 2.15. The lowest BCUT2D eigenvalue weighted by Gasteiger charge is -2.15. The van der Waals surface area contributed by atoms with Crippen LogP contribution in [0.5, 0.6) is 5.75 Å². The standard InChI is InChI=1S/C24H30N4O2S/c1-6-28-22(14-30-21-13-18(5)9-12-20(21)16(2)3)26-27-24(28)31-15-23(29)25-19-10-7-17(4)8-11-19/h7-13,16H,6,14-15H2,1-5H3,(H,25,29). The Morgan fingerprint density at radius 3 is 2.48 bits per heavy atom. The van der Waals surface area contributed by atoms with Crippen LogP contribution < -0.4 is 10.1 Å². The average Bonchev–Trinajstić information content (AvgIpc) is 3.14. The lowest BCUT2D eigenvalue weighted by atomic mass is 10.0. The Bertz CT molecular complexity index is 1030. The van der Waals surface area contributed by atoms with Crippen LogP contribution in [-0.2, 0) is 17.9 Å². The van der Waals surface area contributed by atoms with Gasteiger partial charge in [-0.15, -0.1) is 10.2 Å². The van der Waals surface area contributed by atoms with E-state index < -0.39 is 0 Å². The molecule has 0 unspecified atom stereocenters. The van der Waals surface area contributed by atoms with Gasteiger partial charge in [0.25, 0.3) is 0 Å². The second kappa shape index (κ2) is 10.5. The van der Waals surface area contributed by atoms with Crippen molar-refractivity contribution < 1.29 is 9.53 Å². The molecule has 31 heavy (non-hydrogen) atoms. The first-order valence-electron chi connectivity index (χ1n) is 10.5. The number of amides is 1. The fourth-order valence-electron chi connectivity index (χ4n) is 3.20. The van der Waals surface area contributed by atoms with Gasteiger partial charge in [-0.25, -0.2) is 0 Å². The summed E-state index contributed by atoms with van der Waals surface area (Å²) in [7, 11) is 0. The van der Waals surface area contributed by atoms with Crippen molar-refractivity contribution >= 4 is 23.4 Å². The highest BCUT2D eigenvalue weighted by Crippen LogP contribution is 2.28. The maximum Gasteiger partial charge on any atom is 0.234 e. The number of nitrogens with one attached hydrogen (secondary N) is 1. The molecule has 0 saturated carbocycles. The topological polar surface area (TPSA) is 69.0 Å². The monoisotopic (exact) mass is 438 g/mol. The largest absolute Gasteiger partial charge is 0.485 e. The molecule has 1 aromatic heterocycles. The first kappa shape index (κ1) is 22.9. The summed E-state index contributed by atoms with van der Waals surface area (Å²) in [6.45, 7) is 11.5.